The van der Waals surface area contributed by atoms with E-state index in [0.29, 0.717) is 23.3 Å². The molecule has 0 atom stereocenters. The Morgan fingerprint density at radius 3 is 2.21 bits per heavy atom. The molecule has 0 aliphatic carbocycles. The van der Waals surface area contributed by atoms with E-state index in [1.807, 2.05) is 30.3 Å². The third-order valence-corrected chi connectivity index (χ3v) is 4.18. The summed E-state index contributed by atoms with van der Waals surface area (Å²) in [6, 6.07) is 11.4. The number of rotatable bonds is 5. The van der Waals surface area contributed by atoms with Gasteiger partial charge in [-0.2, -0.15) is 0 Å². The average Bonchev–Trinajstić information content (AvgIpc) is 2.77. The second-order valence-corrected chi connectivity index (χ2v) is 5.87. The zero-order valence-corrected chi connectivity index (χ0v) is 17.0. The quantitative estimate of drug-likeness (QED) is 0.513. The highest BCUT2D eigenvalue weighted by atomic mass is 35.5. The molecule has 0 unspecified atom stereocenters. The smallest absolute Gasteiger partial charge is 0.140 e. The first-order valence-electron chi connectivity index (χ1n) is 8.28. The fourth-order valence-electron chi connectivity index (χ4n) is 2.37. The molecule has 0 saturated carbocycles. The van der Waals surface area contributed by atoms with Gasteiger partial charge in [-0.25, -0.2) is 0 Å². The highest BCUT2D eigenvalue weighted by molar-refractivity contribution is 6.18. The van der Waals surface area contributed by atoms with Gasteiger partial charge in [0.05, 0.1) is 13.0 Å². The van der Waals surface area contributed by atoms with Crippen molar-refractivity contribution < 1.29 is 9.47 Å². The van der Waals surface area contributed by atoms with Crippen LogP contribution in [0.5, 0.6) is 11.5 Å². The van der Waals surface area contributed by atoms with E-state index in [2.05, 4.69) is 53.5 Å². The van der Waals surface area contributed by atoms with Crippen molar-refractivity contribution in [2.45, 2.75) is 11.8 Å². The number of alkyl halides is 2. The molecule has 0 bridgehead atoms. The Morgan fingerprint density at radius 1 is 0.862 bits per heavy atom. The van der Waals surface area contributed by atoms with Crippen LogP contribution in [0.1, 0.15) is 11.1 Å². The van der Waals surface area contributed by atoms with Gasteiger partial charge in [0.25, 0.3) is 0 Å². The van der Waals surface area contributed by atoms with Gasteiger partial charge in [0.15, 0.2) is 0 Å². The monoisotopic (exact) mass is 416 g/mol. The van der Waals surface area contributed by atoms with Gasteiger partial charge in [-0.3, -0.25) is 0 Å². The average molecular weight is 417 g/mol. The lowest BCUT2D eigenvalue weighted by atomic mass is 9.97. The molecule has 0 saturated heterocycles. The van der Waals surface area contributed by atoms with Gasteiger partial charge in [0, 0.05) is 35.1 Å². The summed E-state index contributed by atoms with van der Waals surface area (Å²) in [5.41, 5.74) is 3.70. The van der Waals surface area contributed by atoms with Crippen molar-refractivity contribution in [3.63, 3.8) is 0 Å². The number of ether oxygens (including phenoxy) is 2. The minimum atomic E-state index is 0.330. The molecule has 2 aromatic carbocycles. The molecule has 140 valence electrons. The Hall–Kier alpha value is -3.58. The van der Waals surface area contributed by atoms with Crippen molar-refractivity contribution in [3.05, 3.63) is 47.5 Å². The predicted molar refractivity (Wildman–Crippen MR) is 118 cm³/mol. The van der Waals surface area contributed by atoms with E-state index in [1.54, 1.807) is 13.2 Å². The second-order valence-electron chi connectivity index (χ2n) is 5.34. The molecule has 0 aromatic heterocycles. The normalized spacial score (nSPS) is 8.34. The first kappa shape index (κ1) is 21.7. The number of methoxy groups -OCH3 is 1. The molecule has 2 nitrogen and oxygen atoms in total. The predicted octanol–water partition coefficient (Wildman–Crippen LogP) is 4.82. The Morgan fingerprint density at radius 2 is 1.55 bits per heavy atom. The maximum absolute atomic E-state index is 6.13. The molecule has 0 N–H and O–H groups in total. The third kappa shape index (κ3) is 6.51. The lowest BCUT2D eigenvalue weighted by Gasteiger charge is -2.14. The van der Waals surface area contributed by atoms with E-state index in [1.165, 1.54) is 0 Å². The molecule has 29 heavy (non-hydrogen) atoms. The summed E-state index contributed by atoms with van der Waals surface area (Å²) in [7, 11) is 1.61. The Kier molecular flexibility index (Phi) is 8.98. The largest absolute Gasteiger partial charge is 0.496 e. The zero-order chi connectivity index (χ0) is 20.9. The summed E-state index contributed by atoms with van der Waals surface area (Å²) in [5, 5.41) is 0. The van der Waals surface area contributed by atoms with Crippen molar-refractivity contribution in [2.75, 3.05) is 7.11 Å². The number of hydrogen-bond donors (Lipinski definition) is 0. The van der Waals surface area contributed by atoms with Gasteiger partial charge >= 0.3 is 0 Å². The van der Waals surface area contributed by atoms with Gasteiger partial charge in [-0.1, -0.05) is 12.1 Å². The number of terminal acetylenes is 1. The summed E-state index contributed by atoms with van der Waals surface area (Å²) >= 11 is 12.2. The first-order valence-corrected chi connectivity index (χ1v) is 9.35. The number of hydrogen-bond acceptors (Lipinski definition) is 2. The lowest BCUT2D eigenvalue weighted by molar-refractivity contribution is 0.411. The van der Waals surface area contributed by atoms with Crippen molar-refractivity contribution in [1.29, 1.82) is 0 Å². The molecule has 0 heterocycles. The molecule has 0 amide bonds. The molecule has 0 fully saturated rings. The molecule has 4 heteroatoms. The van der Waals surface area contributed by atoms with Crippen LogP contribution in [-0.2, 0) is 11.8 Å². The maximum Gasteiger partial charge on any atom is 0.140 e. The fourth-order valence-corrected chi connectivity index (χ4v) is 2.80. The summed E-state index contributed by atoms with van der Waals surface area (Å²) in [4.78, 5) is 0. The van der Waals surface area contributed by atoms with Gasteiger partial charge < -0.3 is 9.47 Å². The molecule has 0 aliphatic rings. The molecular formula is C25H14Cl2O2. The van der Waals surface area contributed by atoms with E-state index in [4.69, 9.17) is 39.1 Å². The van der Waals surface area contributed by atoms with E-state index in [0.717, 1.165) is 22.3 Å². The molecule has 0 radical (unpaired) electrons. The minimum Gasteiger partial charge on any atom is -0.496 e. The van der Waals surface area contributed by atoms with Crippen LogP contribution in [0.15, 0.2) is 36.4 Å². The summed E-state index contributed by atoms with van der Waals surface area (Å²) in [6.07, 6.45) is 7.50. The van der Waals surface area contributed by atoms with Crippen LogP contribution in [0, 0.1) is 59.9 Å². The highest BCUT2D eigenvalue weighted by Crippen LogP contribution is 2.34. The summed E-state index contributed by atoms with van der Waals surface area (Å²) in [6.45, 7) is 0. The SMILES string of the molecule is C#CC#CC#CC#CC#COc1cccc(-c2cc(CCl)c(OC)cc2CCl)c1. The van der Waals surface area contributed by atoms with Crippen molar-refractivity contribution in [3.8, 4) is 82.5 Å². The van der Waals surface area contributed by atoms with Crippen LogP contribution in [0.25, 0.3) is 11.1 Å². The van der Waals surface area contributed by atoms with Crippen molar-refractivity contribution >= 4 is 23.2 Å². The van der Waals surface area contributed by atoms with E-state index in [-0.39, 0.29) is 0 Å². The first-order chi connectivity index (χ1) is 14.2. The third-order valence-electron chi connectivity index (χ3n) is 3.61. The van der Waals surface area contributed by atoms with Crippen molar-refractivity contribution in [2.24, 2.45) is 0 Å². The Bertz CT molecular complexity index is 1170. The standard InChI is InChI=1S/C25H14Cl2O2/c1-3-4-5-6-7-8-9-10-14-29-23-13-11-12-20(15-23)24-16-22(19-27)25(28-2)17-21(24)18-26/h1,11-13,15-17H,18-19H2,2H3. The summed E-state index contributed by atoms with van der Waals surface area (Å²) in [5.74, 6) is 21.5. The zero-order valence-electron chi connectivity index (χ0n) is 15.5. The van der Waals surface area contributed by atoms with Crippen LogP contribution < -0.4 is 9.47 Å². The van der Waals surface area contributed by atoms with Crippen molar-refractivity contribution in [1.82, 2.24) is 0 Å². The minimum absolute atomic E-state index is 0.330. The maximum atomic E-state index is 6.13. The van der Waals surface area contributed by atoms with Crippen LogP contribution in [0.3, 0.4) is 0 Å². The molecule has 0 spiro atoms. The number of benzene rings is 2. The molecule has 2 rings (SSSR count). The van der Waals surface area contributed by atoms with Crippen LogP contribution in [0.2, 0.25) is 0 Å². The molecular weight excluding hydrogens is 403 g/mol. The van der Waals surface area contributed by atoms with E-state index in [9.17, 15) is 0 Å². The molecule has 2 aromatic rings. The van der Waals surface area contributed by atoms with Gasteiger partial charge in [0.1, 0.15) is 17.6 Å². The fraction of sp³-hybridized carbons (Fsp3) is 0.120. The molecule has 0 aliphatic heterocycles. The van der Waals surface area contributed by atoms with Crippen LogP contribution >= 0.6 is 23.2 Å². The Labute approximate surface area is 181 Å². The van der Waals surface area contributed by atoms with Crippen LogP contribution in [0.4, 0.5) is 0 Å². The highest BCUT2D eigenvalue weighted by Gasteiger charge is 2.12. The number of halogens is 2. The van der Waals surface area contributed by atoms with E-state index < -0.39 is 0 Å². The van der Waals surface area contributed by atoms with Gasteiger partial charge in [0.2, 0.25) is 0 Å². The lowest BCUT2D eigenvalue weighted by Crippen LogP contribution is -1.95. The summed E-state index contributed by atoms with van der Waals surface area (Å²) < 4.78 is 10.8. The topological polar surface area (TPSA) is 18.5 Å². The Balaban J connectivity index is 2.23. The van der Waals surface area contributed by atoms with Crippen LogP contribution in [-0.4, -0.2) is 7.11 Å². The van der Waals surface area contributed by atoms with E-state index >= 15 is 0 Å². The van der Waals surface area contributed by atoms with Gasteiger partial charge in [-0.05, 0) is 64.6 Å². The second kappa shape index (κ2) is 12.0. The van der Waals surface area contributed by atoms with Gasteiger partial charge in [-0.15, -0.1) is 29.6 Å².